The molecular formula is C14H21N. The van der Waals surface area contributed by atoms with Crippen LogP contribution in [-0.4, -0.2) is 0 Å². The van der Waals surface area contributed by atoms with Crippen molar-refractivity contribution in [2.75, 3.05) is 0 Å². The lowest BCUT2D eigenvalue weighted by Gasteiger charge is -2.31. The summed E-state index contributed by atoms with van der Waals surface area (Å²) in [5, 5.41) is 0. The zero-order valence-electron chi connectivity index (χ0n) is 10.1. The van der Waals surface area contributed by atoms with Gasteiger partial charge < -0.3 is 5.73 Å². The molecule has 0 aromatic heterocycles. The topological polar surface area (TPSA) is 26.0 Å². The molecule has 2 N–H and O–H groups in total. The normalized spacial score (nSPS) is 24.5. The van der Waals surface area contributed by atoms with E-state index in [2.05, 4.69) is 27.4 Å². The first-order valence-electron chi connectivity index (χ1n) is 5.76. The van der Waals surface area contributed by atoms with Gasteiger partial charge in [-0.15, -0.1) is 0 Å². The van der Waals surface area contributed by atoms with Gasteiger partial charge in [0.05, 0.1) is 0 Å². The van der Waals surface area contributed by atoms with Crippen molar-refractivity contribution in [2.45, 2.75) is 46.5 Å². The van der Waals surface area contributed by atoms with Crippen molar-refractivity contribution < 1.29 is 0 Å². The molecule has 0 aromatic rings. The maximum atomic E-state index is 5.83. The quantitative estimate of drug-likeness (QED) is 0.691. The molecule has 0 aromatic carbocycles. The SMILES string of the molecule is C=C(N)C1=C(C)C2=C(CCC(C)(C)C2)C1. The van der Waals surface area contributed by atoms with Gasteiger partial charge in [-0.05, 0) is 54.7 Å². The average Bonchev–Trinajstić information content (AvgIpc) is 2.42. The molecule has 0 atom stereocenters. The Hall–Kier alpha value is -0.980. The lowest BCUT2D eigenvalue weighted by atomic mass is 9.74. The monoisotopic (exact) mass is 203 g/mol. The highest BCUT2D eigenvalue weighted by Gasteiger charge is 2.32. The molecule has 2 aliphatic rings. The highest BCUT2D eigenvalue weighted by atomic mass is 14.6. The Balaban J connectivity index is 2.32. The van der Waals surface area contributed by atoms with Gasteiger partial charge in [-0.1, -0.05) is 26.0 Å². The second kappa shape index (κ2) is 3.26. The first kappa shape index (κ1) is 10.5. The molecule has 0 saturated heterocycles. The molecule has 0 spiro atoms. The predicted molar refractivity (Wildman–Crippen MR) is 65.3 cm³/mol. The highest BCUT2D eigenvalue weighted by molar-refractivity contribution is 5.53. The third kappa shape index (κ3) is 1.75. The van der Waals surface area contributed by atoms with Gasteiger partial charge in [0, 0.05) is 5.70 Å². The van der Waals surface area contributed by atoms with Gasteiger partial charge in [0.1, 0.15) is 0 Å². The molecule has 0 unspecified atom stereocenters. The van der Waals surface area contributed by atoms with Gasteiger partial charge in [0.15, 0.2) is 0 Å². The summed E-state index contributed by atoms with van der Waals surface area (Å²) >= 11 is 0. The maximum Gasteiger partial charge on any atom is 0.0279 e. The van der Waals surface area contributed by atoms with Crippen LogP contribution in [0.5, 0.6) is 0 Å². The summed E-state index contributed by atoms with van der Waals surface area (Å²) in [6, 6.07) is 0. The van der Waals surface area contributed by atoms with Crippen molar-refractivity contribution in [1.29, 1.82) is 0 Å². The standard InChI is InChI=1S/C14H21N/c1-9-12(10(2)15)7-11-5-6-14(3,4)8-13(9)11/h2,5-8,15H2,1,3-4H3. The van der Waals surface area contributed by atoms with E-state index in [1.807, 2.05) is 0 Å². The zero-order valence-corrected chi connectivity index (χ0v) is 10.1. The van der Waals surface area contributed by atoms with Crippen molar-refractivity contribution in [3.8, 4) is 0 Å². The van der Waals surface area contributed by atoms with Crippen molar-refractivity contribution in [2.24, 2.45) is 11.1 Å². The summed E-state index contributed by atoms with van der Waals surface area (Å²) in [4.78, 5) is 0. The minimum atomic E-state index is 0.464. The van der Waals surface area contributed by atoms with Crippen LogP contribution in [-0.2, 0) is 0 Å². The van der Waals surface area contributed by atoms with E-state index < -0.39 is 0 Å². The molecule has 0 saturated carbocycles. The molecule has 2 aliphatic carbocycles. The van der Waals surface area contributed by atoms with Crippen LogP contribution in [0.4, 0.5) is 0 Å². The summed E-state index contributed by atoms with van der Waals surface area (Å²) < 4.78 is 0. The molecule has 0 aliphatic heterocycles. The predicted octanol–water partition coefficient (Wildman–Crippen LogP) is 3.69. The Labute approximate surface area is 92.7 Å². The average molecular weight is 203 g/mol. The number of hydrogen-bond donors (Lipinski definition) is 1. The van der Waals surface area contributed by atoms with E-state index in [0.717, 1.165) is 12.1 Å². The zero-order chi connectivity index (χ0) is 11.2. The van der Waals surface area contributed by atoms with Gasteiger partial charge in [0.25, 0.3) is 0 Å². The van der Waals surface area contributed by atoms with Crippen LogP contribution in [0.2, 0.25) is 0 Å². The van der Waals surface area contributed by atoms with Crippen LogP contribution in [0, 0.1) is 5.41 Å². The molecule has 0 radical (unpaired) electrons. The first-order chi connectivity index (χ1) is 6.91. The fourth-order valence-corrected chi connectivity index (χ4v) is 2.81. The van der Waals surface area contributed by atoms with Crippen molar-refractivity contribution in [1.82, 2.24) is 0 Å². The molecule has 1 nitrogen and oxygen atoms in total. The van der Waals surface area contributed by atoms with E-state index in [-0.39, 0.29) is 0 Å². The summed E-state index contributed by atoms with van der Waals surface area (Å²) in [7, 11) is 0. The fourth-order valence-electron chi connectivity index (χ4n) is 2.81. The number of nitrogens with two attached hydrogens (primary N) is 1. The number of rotatable bonds is 1. The van der Waals surface area contributed by atoms with E-state index in [1.165, 1.54) is 30.4 Å². The summed E-state index contributed by atoms with van der Waals surface area (Å²) in [6.07, 6.45) is 4.83. The Morgan fingerprint density at radius 3 is 2.67 bits per heavy atom. The smallest absolute Gasteiger partial charge is 0.0279 e. The van der Waals surface area contributed by atoms with Gasteiger partial charge >= 0.3 is 0 Å². The molecule has 0 fully saturated rings. The summed E-state index contributed by atoms with van der Waals surface area (Å²) in [5.41, 5.74) is 13.0. The van der Waals surface area contributed by atoms with Gasteiger partial charge in [-0.3, -0.25) is 0 Å². The van der Waals surface area contributed by atoms with E-state index in [9.17, 15) is 0 Å². The van der Waals surface area contributed by atoms with Gasteiger partial charge in [0.2, 0.25) is 0 Å². The third-order valence-corrected chi connectivity index (χ3v) is 3.87. The first-order valence-corrected chi connectivity index (χ1v) is 5.76. The summed E-state index contributed by atoms with van der Waals surface area (Å²) in [5.74, 6) is 0. The minimum absolute atomic E-state index is 0.464. The van der Waals surface area contributed by atoms with Crippen LogP contribution < -0.4 is 5.73 Å². The van der Waals surface area contributed by atoms with E-state index in [1.54, 1.807) is 11.1 Å². The fraction of sp³-hybridized carbons (Fsp3) is 0.571. The van der Waals surface area contributed by atoms with Crippen molar-refractivity contribution in [3.05, 3.63) is 34.6 Å². The lowest BCUT2D eigenvalue weighted by Crippen LogP contribution is -2.17. The van der Waals surface area contributed by atoms with Crippen LogP contribution in [0.25, 0.3) is 0 Å². The largest absolute Gasteiger partial charge is 0.399 e. The Morgan fingerprint density at radius 1 is 1.40 bits per heavy atom. The molecular weight excluding hydrogens is 182 g/mol. The van der Waals surface area contributed by atoms with Crippen LogP contribution >= 0.6 is 0 Å². The molecule has 0 heterocycles. The second-order valence-electron chi connectivity index (χ2n) is 5.73. The highest BCUT2D eigenvalue weighted by Crippen LogP contribution is 2.48. The van der Waals surface area contributed by atoms with Crippen LogP contribution in [0.3, 0.4) is 0 Å². The number of hydrogen-bond acceptors (Lipinski definition) is 1. The summed E-state index contributed by atoms with van der Waals surface area (Å²) in [6.45, 7) is 10.8. The Morgan fingerprint density at radius 2 is 2.07 bits per heavy atom. The number of allylic oxidation sites excluding steroid dienone is 4. The van der Waals surface area contributed by atoms with E-state index in [4.69, 9.17) is 5.73 Å². The Bertz CT molecular complexity index is 380. The Kier molecular flexibility index (Phi) is 2.29. The van der Waals surface area contributed by atoms with Crippen LogP contribution in [0.15, 0.2) is 34.6 Å². The second-order valence-corrected chi connectivity index (χ2v) is 5.73. The van der Waals surface area contributed by atoms with Crippen molar-refractivity contribution in [3.63, 3.8) is 0 Å². The third-order valence-electron chi connectivity index (χ3n) is 3.87. The molecule has 2 rings (SSSR count). The molecule has 15 heavy (non-hydrogen) atoms. The molecule has 1 heteroatoms. The minimum Gasteiger partial charge on any atom is -0.399 e. The van der Waals surface area contributed by atoms with Crippen LogP contribution in [0.1, 0.15) is 46.5 Å². The van der Waals surface area contributed by atoms with Gasteiger partial charge in [-0.25, -0.2) is 0 Å². The van der Waals surface area contributed by atoms with Crippen molar-refractivity contribution >= 4 is 0 Å². The molecule has 82 valence electrons. The lowest BCUT2D eigenvalue weighted by molar-refractivity contribution is 0.316. The molecule has 0 amide bonds. The van der Waals surface area contributed by atoms with E-state index >= 15 is 0 Å². The van der Waals surface area contributed by atoms with E-state index in [0.29, 0.717) is 5.41 Å². The molecule has 0 bridgehead atoms. The maximum absolute atomic E-state index is 5.83. The van der Waals surface area contributed by atoms with Gasteiger partial charge in [-0.2, -0.15) is 0 Å².